The maximum absolute atomic E-state index is 13.5. The number of carbonyl (C=O) groups is 2. The summed E-state index contributed by atoms with van der Waals surface area (Å²) in [5, 5.41) is 8.65. The molecule has 5 nitrogen and oxygen atoms in total. The van der Waals surface area contributed by atoms with Gasteiger partial charge in [-0.05, 0) is 24.6 Å². The number of nitrogens with zero attached hydrogens (tertiary/aromatic N) is 2. The van der Waals surface area contributed by atoms with E-state index in [0.717, 1.165) is 0 Å². The van der Waals surface area contributed by atoms with Gasteiger partial charge in [-0.2, -0.15) is 0 Å². The van der Waals surface area contributed by atoms with Crippen LogP contribution >= 0.6 is 0 Å². The maximum atomic E-state index is 13.5. The summed E-state index contributed by atoms with van der Waals surface area (Å²) < 4.78 is 13.5. The normalized spacial score (nSPS) is 16.0. The monoisotopic (exact) mass is 294 g/mol. The van der Waals surface area contributed by atoms with Gasteiger partial charge in [0.05, 0.1) is 6.42 Å². The standard InChI is InChI=1S/C15H19FN2O3/c1-11-2-3-12(10-13(11)16)15(21)18-8-6-17(7-9-18)5-4-14(19)20/h2-3,10H,4-9H2,1H3,(H,19,20). The molecule has 1 N–H and O–H groups in total. The number of aryl methyl sites for hydroxylation is 1. The molecule has 2 rings (SSSR count). The average Bonchev–Trinajstić information content (AvgIpc) is 2.48. The Morgan fingerprint density at radius 1 is 1.24 bits per heavy atom. The molecule has 0 unspecified atom stereocenters. The molecule has 21 heavy (non-hydrogen) atoms. The van der Waals surface area contributed by atoms with Crippen molar-refractivity contribution >= 4 is 11.9 Å². The zero-order chi connectivity index (χ0) is 15.4. The van der Waals surface area contributed by atoms with Crippen LogP contribution in [0.3, 0.4) is 0 Å². The number of hydrogen-bond acceptors (Lipinski definition) is 3. The molecule has 1 amide bonds. The summed E-state index contributed by atoms with van der Waals surface area (Å²) in [5.41, 5.74) is 0.877. The Bertz CT molecular complexity index is 540. The Morgan fingerprint density at radius 2 is 1.90 bits per heavy atom. The molecule has 0 saturated carbocycles. The lowest BCUT2D eigenvalue weighted by molar-refractivity contribution is -0.137. The lowest BCUT2D eigenvalue weighted by Gasteiger charge is -2.34. The number of hydrogen-bond donors (Lipinski definition) is 1. The van der Waals surface area contributed by atoms with Crippen molar-refractivity contribution in [1.82, 2.24) is 9.80 Å². The number of carbonyl (C=O) groups excluding carboxylic acids is 1. The van der Waals surface area contributed by atoms with Crippen LogP contribution in [0.15, 0.2) is 18.2 Å². The van der Waals surface area contributed by atoms with Crippen molar-refractivity contribution in [2.24, 2.45) is 0 Å². The van der Waals surface area contributed by atoms with Gasteiger partial charge in [0.2, 0.25) is 0 Å². The first-order chi connectivity index (χ1) is 9.97. The first-order valence-corrected chi connectivity index (χ1v) is 6.97. The summed E-state index contributed by atoms with van der Waals surface area (Å²) in [6.07, 6.45) is 0.108. The molecule has 1 saturated heterocycles. The topological polar surface area (TPSA) is 60.9 Å². The third kappa shape index (κ3) is 4.01. The predicted octanol–water partition coefficient (Wildman–Crippen LogP) is 1.37. The first kappa shape index (κ1) is 15.4. The first-order valence-electron chi connectivity index (χ1n) is 6.97. The van der Waals surface area contributed by atoms with Crippen LogP contribution in [0, 0.1) is 12.7 Å². The van der Waals surface area contributed by atoms with Crippen molar-refractivity contribution in [3.8, 4) is 0 Å². The van der Waals surface area contributed by atoms with Gasteiger partial charge in [0, 0.05) is 38.3 Å². The van der Waals surface area contributed by atoms with Crippen molar-refractivity contribution in [2.45, 2.75) is 13.3 Å². The smallest absolute Gasteiger partial charge is 0.304 e. The molecule has 1 heterocycles. The third-order valence-corrected chi connectivity index (χ3v) is 3.72. The number of piperazine rings is 1. The summed E-state index contributed by atoms with van der Waals surface area (Å²) in [4.78, 5) is 26.5. The van der Waals surface area contributed by atoms with Gasteiger partial charge in [-0.3, -0.25) is 14.5 Å². The highest BCUT2D eigenvalue weighted by atomic mass is 19.1. The largest absolute Gasteiger partial charge is 0.481 e. The number of halogens is 1. The van der Waals surface area contributed by atoms with Crippen LogP contribution in [0.4, 0.5) is 4.39 Å². The second-order valence-corrected chi connectivity index (χ2v) is 5.24. The van der Waals surface area contributed by atoms with E-state index in [0.29, 0.717) is 43.9 Å². The Balaban J connectivity index is 1.90. The lowest BCUT2D eigenvalue weighted by Crippen LogP contribution is -2.49. The fourth-order valence-corrected chi connectivity index (χ4v) is 2.34. The minimum Gasteiger partial charge on any atom is -0.481 e. The number of rotatable bonds is 4. The zero-order valence-electron chi connectivity index (χ0n) is 12.0. The molecule has 1 aliphatic rings. The molecular weight excluding hydrogens is 275 g/mol. The van der Waals surface area contributed by atoms with Crippen LogP contribution in [-0.2, 0) is 4.79 Å². The highest BCUT2D eigenvalue weighted by molar-refractivity contribution is 5.94. The highest BCUT2D eigenvalue weighted by Crippen LogP contribution is 2.13. The van der Waals surface area contributed by atoms with Gasteiger partial charge in [0.25, 0.3) is 5.91 Å². The van der Waals surface area contributed by atoms with Gasteiger partial charge in [-0.15, -0.1) is 0 Å². The van der Waals surface area contributed by atoms with E-state index in [1.165, 1.54) is 6.07 Å². The molecule has 0 spiro atoms. The Morgan fingerprint density at radius 3 is 2.48 bits per heavy atom. The minimum absolute atomic E-state index is 0.108. The molecule has 0 radical (unpaired) electrons. The van der Waals surface area contributed by atoms with Crippen molar-refractivity contribution in [3.63, 3.8) is 0 Å². The summed E-state index contributed by atoms with van der Waals surface area (Å²) >= 11 is 0. The van der Waals surface area contributed by atoms with Gasteiger partial charge in [-0.25, -0.2) is 4.39 Å². The molecule has 0 aliphatic carbocycles. The fraction of sp³-hybridized carbons (Fsp3) is 0.467. The molecule has 1 aliphatic heterocycles. The number of aliphatic carboxylic acids is 1. The fourth-order valence-electron chi connectivity index (χ4n) is 2.34. The molecule has 114 valence electrons. The molecule has 0 bridgehead atoms. The van der Waals surface area contributed by atoms with E-state index in [1.54, 1.807) is 24.0 Å². The van der Waals surface area contributed by atoms with E-state index in [9.17, 15) is 14.0 Å². The van der Waals surface area contributed by atoms with Crippen LogP contribution in [0.25, 0.3) is 0 Å². The quantitative estimate of drug-likeness (QED) is 0.911. The molecular formula is C15H19FN2O3. The second-order valence-electron chi connectivity index (χ2n) is 5.24. The number of benzene rings is 1. The molecule has 0 aromatic heterocycles. The number of carboxylic acids is 1. The van der Waals surface area contributed by atoms with Crippen LogP contribution < -0.4 is 0 Å². The summed E-state index contributed by atoms with van der Waals surface area (Å²) in [7, 11) is 0. The van der Waals surface area contributed by atoms with E-state index in [2.05, 4.69) is 0 Å². The molecule has 1 aromatic carbocycles. The summed E-state index contributed by atoms with van der Waals surface area (Å²) in [5.74, 6) is -1.36. The van der Waals surface area contributed by atoms with E-state index in [-0.39, 0.29) is 18.1 Å². The van der Waals surface area contributed by atoms with Crippen LogP contribution in [0.5, 0.6) is 0 Å². The van der Waals surface area contributed by atoms with Crippen molar-refractivity contribution < 1.29 is 19.1 Å². The summed E-state index contributed by atoms with van der Waals surface area (Å²) in [6, 6.07) is 4.51. The van der Waals surface area contributed by atoms with Gasteiger partial charge in [-0.1, -0.05) is 6.07 Å². The van der Waals surface area contributed by atoms with Crippen LogP contribution in [-0.4, -0.2) is 59.5 Å². The second kappa shape index (κ2) is 6.67. The Hall–Kier alpha value is -1.95. The Labute approximate surface area is 123 Å². The highest BCUT2D eigenvalue weighted by Gasteiger charge is 2.22. The van der Waals surface area contributed by atoms with E-state index < -0.39 is 5.97 Å². The van der Waals surface area contributed by atoms with Crippen LogP contribution in [0.2, 0.25) is 0 Å². The van der Waals surface area contributed by atoms with Crippen LogP contribution in [0.1, 0.15) is 22.3 Å². The lowest BCUT2D eigenvalue weighted by atomic mass is 10.1. The maximum Gasteiger partial charge on any atom is 0.304 e. The van der Waals surface area contributed by atoms with Crippen molar-refractivity contribution in [2.75, 3.05) is 32.7 Å². The van der Waals surface area contributed by atoms with E-state index >= 15 is 0 Å². The summed E-state index contributed by atoms with van der Waals surface area (Å²) in [6.45, 7) is 4.52. The molecule has 0 atom stereocenters. The van der Waals surface area contributed by atoms with Gasteiger partial charge in [0.15, 0.2) is 0 Å². The minimum atomic E-state index is -0.816. The SMILES string of the molecule is Cc1ccc(C(=O)N2CCN(CCC(=O)O)CC2)cc1F. The molecule has 1 fully saturated rings. The zero-order valence-corrected chi connectivity index (χ0v) is 12.0. The van der Waals surface area contributed by atoms with Crippen molar-refractivity contribution in [1.29, 1.82) is 0 Å². The van der Waals surface area contributed by atoms with E-state index in [4.69, 9.17) is 5.11 Å². The Kier molecular flexibility index (Phi) is 4.90. The van der Waals surface area contributed by atoms with E-state index in [1.807, 2.05) is 4.90 Å². The van der Waals surface area contributed by atoms with Gasteiger partial charge < -0.3 is 10.0 Å². The average molecular weight is 294 g/mol. The van der Waals surface area contributed by atoms with Gasteiger partial charge >= 0.3 is 5.97 Å². The predicted molar refractivity (Wildman–Crippen MR) is 75.7 cm³/mol. The van der Waals surface area contributed by atoms with Gasteiger partial charge in [0.1, 0.15) is 5.82 Å². The molecule has 6 heteroatoms. The number of carboxylic acid groups (broad SMARTS) is 1. The third-order valence-electron chi connectivity index (χ3n) is 3.72. The number of amides is 1. The van der Waals surface area contributed by atoms with Crippen molar-refractivity contribution in [3.05, 3.63) is 35.1 Å². The molecule has 1 aromatic rings.